The third-order valence-electron chi connectivity index (χ3n) is 9.82. The van der Waals surface area contributed by atoms with E-state index in [1.807, 2.05) is 0 Å². The van der Waals surface area contributed by atoms with Crippen molar-refractivity contribution in [2.45, 2.75) is 19.3 Å². The molecule has 9 rings (SSSR count). The average Bonchev–Trinajstić information content (AvgIpc) is 3.29. The van der Waals surface area contributed by atoms with E-state index >= 15 is 0 Å². The van der Waals surface area contributed by atoms with Gasteiger partial charge in [0.1, 0.15) is 0 Å². The van der Waals surface area contributed by atoms with E-state index in [-0.39, 0.29) is 5.41 Å². The summed E-state index contributed by atoms with van der Waals surface area (Å²) in [5.41, 5.74) is 10.6. The van der Waals surface area contributed by atoms with Crippen LogP contribution in [0, 0.1) is 0 Å². The zero-order chi connectivity index (χ0) is 28.7. The minimum atomic E-state index is -0.0305. The standard InChI is InChI=1S/C43H30/c1-43(2)40-18-10-9-17-35(40)36-21-20-28(26-41(36)43)31-23-29-12-4-6-14-32(29)38(25-31)39-24-30-13-5-8-16-34(30)42-33-15-7-3-11-27(33)19-22-37(39)42/h3-26H,1-2H3. The lowest BCUT2D eigenvalue weighted by Crippen LogP contribution is -2.14. The molecule has 8 aromatic rings. The van der Waals surface area contributed by atoms with Gasteiger partial charge in [-0.3, -0.25) is 0 Å². The van der Waals surface area contributed by atoms with Crippen LogP contribution in [0.3, 0.4) is 0 Å². The summed E-state index contributed by atoms with van der Waals surface area (Å²) in [6.07, 6.45) is 0. The molecule has 0 saturated heterocycles. The second-order valence-electron chi connectivity index (χ2n) is 12.5. The monoisotopic (exact) mass is 546 g/mol. The molecule has 0 fully saturated rings. The predicted octanol–water partition coefficient (Wildman–Crippen LogP) is 11.9. The SMILES string of the molecule is CC1(C)c2ccccc2-c2ccc(-c3cc(-c4cc5ccccc5c5c4ccc4ccccc45)c4ccccc4c3)cc21. The maximum atomic E-state index is 2.44. The van der Waals surface area contributed by atoms with Gasteiger partial charge in [0.15, 0.2) is 0 Å². The maximum Gasteiger partial charge on any atom is 0.0159 e. The number of rotatable bonds is 2. The predicted molar refractivity (Wildman–Crippen MR) is 185 cm³/mol. The Balaban J connectivity index is 1.34. The van der Waals surface area contributed by atoms with Gasteiger partial charge in [-0.05, 0) is 112 Å². The Labute approximate surface area is 251 Å². The summed E-state index contributed by atoms with van der Waals surface area (Å²) in [7, 11) is 0. The van der Waals surface area contributed by atoms with Crippen molar-refractivity contribution in [2.75, 3.05) is 0 Å². The van der Waals surface area contributed by atoms with E-state index in [4.69, 9.17) is 0 Å². The van der Waals surface area contributed by atoms with Crippen LogP contribution >= 0.6 is 0 Å². The van der Waals surface area contributed by atoms with Crippen LogP contribution in [0.5, 0.6) is 0 Å². The van der Waals surface area contributed by atoms with Gasteiger partial charge in [0.05, 0.1) is 0 Å². The molecule has 1 aliphatic rings. The van der Waals surface area contributed by atoms with Gasteiger partial charge in [-0.1, -0.05) is 135 Å². The number of hydrogen-bond acceptors (Lipinski definition) is 0. The molecule has 43 heavy (non-hydrogen) atoms. The van der Waals surface area contributed by atoms with E-state index in [0.29, 0.717) is 0 Å². The van der Waals surface area contributed by atoms with Gasteiger partial charge in [0, 0.05) is 5.41 Å². The van der Waals surface area contributed by atoms with Crippen LogP contribution in [0.1, 0.15) is 25.0 Å². The molecular formula is C43H30. The molecule has 0 aliphatic heterocycles. The Bertz CT molecular complexity index is 2410. The summed E-state index contributed by atoms with van der Waals surface area (Å²) in [6.45, 7) is 4.72. The van der Waals surface area contributed by atoms with Crippen LogP contribution in [0.4, 0.5) is 0 Å². The Morgan fingerprint density at radius 3 is 1.77 bits per heavy atom. The largest absolute Gasteiger partial charge is 0.0619 e. The van der Waals surface area contributed by atoms with Gasteiger partial charge >= 0.3 is 0 Å². The van der Waals surface area contributed by atoms with Crippen molar-refractivity contribution in [3.05, 3.63) is 157 Å². The van der Waals surface area contributed by atoms with Crippen molar-refractivity contribution >= 4 is 43.1 Å². The molecule has 202 valence electrons. The van der Waals surface area contributed by atoms with Gasteiger partial charge in [-0.15, -0.1) is 0 Å². The molecule has 1 aliphatic carbocycles. The summed E-state index contributed by atoms with van der Waals surface area (Å²) in [4.78, 5) is 0. The summed E-state index contributed by atoms with van der Waals surface area (Å²) >= 11 is 0. The quantitative estimate of drug-likeness (QED) is 0.189. The second-order valence-corrected chi connectivity index (χ2v) is 12.5. The molecule has 0 radical (unpaired) electrons. The van der Waals surface area contributed by atoms with Crippen molar-refractivity contribution in [3.8, 4) is 33.4 Å². The topological polar surface area (TPSA) is 0 Å². The Morgan fingerprint density at radius 2 is 0.953 bits per heavy atom. The second kappa shape index (κ2) is 8.90. The van der Waals surface area contributed by atoms with Gasteiger partial charge in [0.25, 0.3) is 0 Å². The first-order valence-corrected chi connectivity index (χ1v) is 15.2. The summed E-state index contributed by atoms with van der Waals surface area (Å²) < 4.78 is 0. The maximum absolute atomic E-state index is 2.44. The molecule has 0 amide bonds. The fourth-order valence-electron chi connectivity index (χ4n) is 7.68. The van der Waals surface area contributed by atoms with Gasteiger partial charge < -0.3 is 0 Å². The van der Waals surface area contributed by atoms with Crippen LogP contribution in [0.15, 0.2) is 146 Å². The highest BCUT2D eigenvalue weighted by atomic mass is 14.4. The smallest absolute Gasteiger partial charge is 0.0159 e. The fraction of sp³-hybridized carbons (Fsp3) is 0.0698. The van der Waals surface area contributed by atoms with E-state index < -0.39 is 0 Å². The molecular weight excluding hydrogens is 516 g/mol. The highest BCUT2D eigenvalue weighted by molar-refractivity contribution is 6.25. The minimum absolute atomic E-state index is 0.0305. The van der Waals surface area contributed by atoms with E-state index in [1.54, 1.807) is 0 Å². The molecule has 0 heterocycles. The Hall–Kier alpha value is -5.20. The Kier molecular flexibility index (Phi) is 5.05. The average molecular weight is 547 g/mol. The van der Waals surface area contributed by atoms with E-state index in [1.165, 1.54) is 87.6 Å². The van der Waals surface area contributed by atoms with E-state index in [9.17, 15) is 0 Å². The Morgan fingerprint density at radius 1 is 0.349 bits per heavy atom. The summed E-state index contributed by atoms with van der Waals surface area (Å²) in [5, 5.41) is 10.3. The van der Waals surface area contributed by atoms with Gasteiger partial charge in [0.2, 0.25) is 0 Å². The van der Waals surface area contributed by atoms with Crippen LogP contribution in [0.2, 0.25) is 0 Å². The normalized spacial score (nSPS) is 13.5. The first-order chi connectivity index (χ1) is 21.1. The molecule has 0 bridgehead atoms. The lowest BCUT2D eigenvalue weighted by Gasteiger charge is -2.22. The van der Waals surface area contributed by atoms with Crippen molar-refractivity contribution in [2.24, 2.45) is 0 Å². The lowest BCUT2D eigenvalue weighted by atomic mass is 9.81. The molecule has 0 heteroatoms. The highest BCUT2D eigenvalue weighted by Crippen LogP contribution is 2.50. The lowest BCUT2D eigenvalue weighted by molar-refractivity contribution is 0.660. The van der Waals surface area contributed by atoms with Crippen molar-refractivity contribution < 1.29 is 0 Å². The number of hydrogen-bond donors (Lipinski definition) is 0. The van der Waals surface area contributed by atoms with Crippen LogP contribution in [0.25, 0.3) is 76.5 Å². The van der Waals surface area contributed by atoms with Gasteiger partial charge in [-0.2, -0.15) is 0 Å². The molecule has 0 aromatic heterocycles. The van der Waals surface area contributed by atoms with E-state index in [0.717, 1.165) is 0 Å². The first kappa shape index (κ1) is 24.4. The highest BCUT2D eigenvalue weighted by Gasteiger charge is 2.35. The zero-order valence-corrected chi connectivity index (χ0v) is 24.4. The number of benzene rings is 8. The fourth-order valence-corrected chi connectivity index (χ4v) is 7.68. The van der Waals surface area contributed by atoms with Crippen LogP contribution < -0.4 is 0 Å². The van der Waals surface area contributed by atoms with Crippen molar-refractivity contribution in [1.29, 1.82) is 0 Å². The minimum Gasteiger partial charge on any atom is -0.0619 e. The summed E-state index contributed by atoms with van der Waals surface area (Å²) in [5.74, 6) is 0. The molecule has 0 nitrogen and oxygen atoms in total. The first-order valence-electron chi connectivity index (χ1n) is 15.2. The molecule has 0 saturated carbocycles. The third-order valence-corrected chi connectivity index (χ3v) is 9.82. The molecule has 0 spiro atoms. The zero-order valence-electron chi connectivity index (χ0n) is 24.4. The van der Waals surface area contributed by atoms with Crippen molar-refractivity contribution in [3.63, 3.8) is 0 Å². The third kappa shape index (κ3) is 3.50. The molecule has 0 N–H and O–H groups in total. The van der Waals surface area contributed by atoms with Crippen molar-refractivity contribution in [1.82, 2.24) is 0 Å². The van der Waals surface area contributed by atoms with Gasteiger partial charge in [-0.25, -0.2) is 0 Å². The molecule has 0 unspecified atom stereocenters. The van der Waals surface area contributed by atoms with E-state index in [2.05, 4.69) is 159 Å². The molecule has 0 atom stereocenters. The number of fused-ring (bicyclic) bond motifs is 9. The summed E-state index contributed by atoms with van der Waals surface area (Å²) in [6, 6.07) is 54.3. The van der Waals surface area contributed by atoms with Crippen LogP contribution in [-0.2, 0) is 5.41 Å². The van der Waals surface area contributed by atoms with Crippen LogP contribution in [-0.4, -0.2) is 0 Å². The molecule has 8 aromatic carbocycles.